The summed E-state index contributed by atoms with van der Waals surface area (Å²) in [6, 6.07) is 0. The second-order valence-corrected chi connectivity index (χ2v) is 5.55. The summed E-state index contributed by atoms with van der Waals surface area (Å²) in [4.78, 5) is 0. The SMILES string of the molecule is CO[P@@]1(=O)OCC(C)(C)[C@H]1O. The summed E-state index contributed by atoms with van der Waals surface area (Å²) in [6.07, 6.45) is 0. The van der Waals surface area contributed by atoms with Crippen molar-refractivity contribution in [1.82, 2.24) is 0 Å². The molecule has 0 spiro atoms. The van der Waals surface area contributed by atoms with E-state index in [0.717, 1.165) is 0 Å². The van der Waals surface area contributed by atoms with Crippen molar-refractivity contribution in [1.29, 1.82) is 0 Å². The highest BCUT2D eigenvalue weighted by Crippen LogP contribution is 2.62. The molecule has 1 N–H and O–H groups in total. The fourth-order valence-electron chi connectivity index (χ4n) is 0.982. The summed E-state index contributed by atoms with van der Waals surface area (Å²) >= 11 is 0. The molecular weight excluding hydrogens is 167 g/mol. The predicted octanol–water partition coefficient (Wildman–Crippen LogP) is 1.20. The lowest BCUT2D eigenvalue weighted by atomic mass is 9.96. The zero-order valence-electron chi connectivity index (χ0n) is 6.90. The molecule has 0 unspecified atom stereocenters. The molecular formula is C6H13O4P. The lowest BCUT2D eigenvalue weighted by Crippen LogP contribution is -2.25. The lowest BCUT2D eigenvalue weighted by molar-refractivity contribution is 0.117. The second kappa shape index (κ2) is 2.56. The Labute approximate surface area is 66.0 Å². The first kappa shape index (κ1) is 9.20. The normalized spacial score (nSPS) is 42.7. The van der Waals surface area contributed by atoms with Crippen LogP contribution >= 0.6 is 7.60 Å². The zero-order chi connectivity index (χ0) is 8.70. The van der Waals surface area contributed by atoms with E-state index >= 15 is 0 Å². The molecule has 2 atom stereocenters. The van der Waals surface area contributed by atoms with Gasteiger partial charge in [-0.25, -0.2) is 0 Å². The monoisotopic (exact) mass is 180 g/mol. The van der Waals surface area contributed by atoms with Gasteiger partial charge < -0.3 is 14.2 Å². The van der Waals surface area contributed by atoms with Crippen molar-refractivity contribution in [3.8, 4) is 0 Å². The van der Waals surface area contributed by atoms with Gasteiger partial charge in [0, 0.05) is 12.5 Å². The average Bonchev–Trinajstić information content (AvgIpc) is 2.16. The highest BCUT2D eigenvalue weighted by Gasteiger charge is 2.51. The highest BCUT2D eigenvalue weighted by atomic mass is 31.2. The van der Waals surface area contributed by atoms with E-state index in [1.807, 2.05) is 0 Å². The third-order valence-corrected chi connectivity index (χ3v) is 4.17. The van der Waals surface area contributed by atoms with Crippen molar-refractivity contribution in [3.63, 3.8) is 0 Å². The van der Waals surface area contributed by atoms with Crippen LogP contribution in [-0.4, -0.2) is 24.7 Å². The van der Waals surface area contributed by atoms with E-state index in [1.165, 1.54) is 7.11 Å². The van der Waals surface area contributed by atoms with Gasteiger partial charge in [-0.15, -0.1) is 0 Å². The van der Waals surface area contributed by atoms with Gasteiger partial charge in [0.1, 0.15) is 0 Å². The van der Waals surface area contributed by atoms with Gasteiger partial charge >= 0.3 is 7.60 Å². The molecule has 11 heavy (non-hydrogen) atoms. The Balaban J connectivity index is 2.87. The van der Waals surface area contributed by atoms with E-state index in [2.05, 4.69) is 4.52 Å². The van der Waals surface area contributed by atoms with Crippen LogP contribution in [0.5, 0.6) is 0 Å². The molecule has 5 heteroatoms. The molecule has 66 valence electrons. The third kappa shape index (κ3) is 1.36. The first-order chi connectivity index (χ1) is 4.92. The summed E-state index contributed by atoms with van der Waals surface area (Å²) in [7, 11) is -1.92. The number of rotatable bonds is 1. The molecule has 0 aromatic rings. The lowest BCUT2D eigenvalue weighted by Gasteiger charge is -2.20. The van der Waals surface area contributed by atoms with Crippen LogP contribution in [0.15, 0.2) is 0 Å². The molecule has 0 saturated carbocycles. The van der Waals surface area contributed by atoms with Gasteiger partial charge in [0.05, 0.1) is 6.61 Å². The molecule has 0 bridgehead atoms. The Hall–Kier alpha value is 0.110. The summed E-state index contributed by atoms with van der Waals surface area (Å²) in [5, 5.41) is 9.46. The fraction of sp³-hybridized carbons (Fsp3) is 1.00. The minimum absolute atomic E-state index is 0.277. The van der Waals surface area contributed by atoms with Crippen LogP contribution in [0.2, 0.25) is 0 Å². The van der Waals surface area contributed by atoms with Crippen molar-refractivity contribution in [2.45, 2.75) is 19.7 Å². The summed E-state index contributed by atoms with van der Waals surface area (Å²) in [5.41, 5.74) is -0.467. The Morgan fingerprint density at radius 3 is 2.45 bits per heavy atom. The zero-order valence-corrected chi connectivity index (χ0v) is 7.80. The Bertz CT molecular complexity index is 201. The van der Waals surface area contributed by atoms with Gasteiger partial charge in [0.25, 0.3) is 0 Å². The maximum atomic E-state index is 11.4. The second-order valence-electron chi connectivity index (χ2n) is 3.36. The third-order valence-electron chi connectivity index (χ3n) is 1.87. The molecule has 0 aromatic carbocycles. The standard InChI is InChI=1S/C6H13O4P/c1-6(2)4-10-11(8,9-3)5(6)7/h5,7H,4H2,1-3H3/t5-,11+/m0/s1. The van der Waals surface area contributed by atoms with Crippen molar-refractivity contribution >= 4 is 7.60 Å². The molecule has 0 radical (unpaired) electrons. The molecule has 1 saturated heterocycles. The predicted molar refractivity (Wildman–Crippen MR) is 40.4 cm³/mol. The first-order valence-electron chi connectivity index (χ1n) is 3.40. The molecule has 1 aliphatic rings. The molecule has 0 aromatic heterocycles. The van der Waals surface area contributed by atoms with Crippen molar-refractivity contribution in [3.05, 3.63) is 0 Å². The Kier molecular flexibility index (Phi) is 2.14. The van der Waals surface area contributed by atoms with Crippen molar-refractivity contribution < 1.29 is 18.7 Å². The molecule has 4 nitrogen and oxygen atoms in total. The quantitative estimate of drug-likeness (QED) is 0.616. The van der Waals surface area contributed by atoms with Crippen molar-refractivity contribution in [2.24, 2.45) is 5.41 Å². The molecule has 1 fully saturated rings. The van der Waals surface area contributed by atoms with Crippen LogP contribution in [0.25, 0.3) is 0 Å². The smallest absolute Gasteiger partial charge is 0.359 e. The van der Waals surface area contributed by atoms with Crippen molar-refractivity contribution in [2.75, 3.05) is 13.7 Å². The van der Waals surface area contributed by atoms with Gasteiger partial charge in [-0.05, 0) is 0 Å². The number of aliphatic hydroxyl groups excluding tert-OH is 1. The molecule has 1 aliphatic heterocycles. The molecule has 1 heterocycles. The summed E-state index contributed by atoms with van der Waals surface area (Å²) in [6.45, 7) is 3.85. The number of aliphatic hydroxyl groups is 1. The van der Waals surface area contributed by atoms with Gasteiger partial charge in [-0.1, -0.05) is 13.8 Å². The molecule has 1 rings (SSSR count). The van der Waals surface area contributed by atoms with Crippen LogP contribution in [0.4, 0.5) is 0 Å². The highest BCUT2D eigenvalue weighted by molar-refractivity contribution is 7.54. The van der Waals surface area contributed by atoms with Crippen LogP contribution in [0, 0.1) is 5.41 Å². The molecule has 0 amide bonds. The Morgan fingerprint density at radius 1 is 1.73 bits per heavy atom. The van der Waals surface area contributed by atoms with Gasteiger partial charge in [-0.2, -0.15) is 0 Å². The van der Waals surface area contributed by atoms with Crippen LogP contribution < -0.4 is 0 Å². The Morgan fingerprint density at radius 2 is 2.27 bits per heavy atom. The summed E-state index contributed by atoms with van der Waals surface area (Å²) < 4.78 is 21.0. The molecule has 0 aliphatic carbocycles. The average molecular weight is 180 g/mol. The first-order valence-corrected chi connectivity index (χ1v) is 5.02. The largest absolute Gasteiger partial charge is 0.380 e. The van der Waals surface area contributed by atoms with E-state index in [0.29, 0.717) is 0 Å². The van der Waals surface area contributed by atoms with Gasteiger partial charge in [-0.3, -0.25) is 4.57 Å². The fourth-order valence-corrected chi connectivity index (χ4v) is 2.87. The van der Waals surface area contributed by atoms with E-state index in [4.69, 9.17) is 4.52 Å². The van der Waals surface area contributed by atoms with Gasteiger partial charge in [0.15, 0.2) is 5.85 Å². The minimum atomic E-state index is -3.21. The van der Waals surface area contributed by atoms with Crippen LogP contribution in [-0.2, 0) is 13.6 Å². The van der Waals surface area contributed by atoms with E-state index in [9.17, 15) is 9.67 Å². The number of hydrogen-bond acceptors (Lipinski definition) is 4. The van der Waals surface area contributed by atoms with E-state index in [-0.39, 0.29) is 6.61 Å². The van der Waals surface area contributed by atoms with Crippen LogP contribution in [0.1, 0.15) is 13.8 Å². The summed E-state index contributed by atoms with van der Waals surface area (Å²) in [5.74, 6) is -1.00. The topological polar surface area (TPSA) is 55.8 Å². The maximum absolute atomic E-state index is 11.4. The van der Waals surface area contributed by atoms with Crippen LogP contribution in [0.3, 0.4) is 0 Å². The maximum Gasteiger partial charge on any atom is 0.359 e. The van der Waals surface area contributed by atoms with Gasteiger partial charge in [0.2, 0.25) is 0 Å². The number of hydrogen-bond donors (Lipinski definition) is 1. The van der Waals surface area contributed by atoms with E-state index < -0.39 is 18.9 Å². The minimum Gasteiger partial charge on any atom is -0.380 e. The van der Waals surface area contributed by atoms with E-state index in [1.54, 1.807) is 13.8 Å².